The number of benzene rings is 1. The summed E-state index contributed by atoms with van der Waals surface area (Å²) in [6.07, 6.45) is 0.430. The van der Waals surface area contributed by atoms with Gasteiger partial charge < -0.3 is 28.6 Å². The second kappa shape index (κ2) is 13.3. The molecule has 0 saturated carbocycles. The number of hydrogen-bond donors (Lipinski definition) is 1. The number of ether oxygens (including phenoxy) is 3. The van der Waals surface area contributed by atoms with Gasteiger partial charge in [0.25, 0.3) is 0 Å². The molecule has 1 heterocycles. The molecular weight excluding hydrogens is 509 g/mol. The fourth-order valence-corrected chi connectivity index (χ4v) is 4.56. The van der Waals surface area contributed by atoms with E-state index < -0.39 is 43.5 Å². The molecule has 0 radical (unpaired) electrons. The highest BCUT2D eigenvalue weighted by Gasteiger charge is 2.38. The zero-order chi connectivity index (χ0) is 27.8. The third kappa shape index (κ3) is 7.15. The highest BCUT2D eigenvalue weighted by Crippen LogP contribution is 2.50. The summed E-state index contributed by atoms with van der Waals surface area (Å²) in [6.45, 7) is 6.39. The lowest BCUT2D eigenvalue weighted by Gasteiger charge is -2.20. The summed E-state index contributed by atoms with van der Waals surface area (Å²) < 4.78 is 38.9. The van der Waals surface area contributed by atoms with Gasteiger partial charge in [0, 0.05) is 19.8 Å². The molecule has 1 amide bonds. The van der Waals surface area contributed by atoms with Crippen LogP contribution in [0.1, 0.15) is 44.9 Å². The Morgan fingerprint density at radius 3 is 2.05 bits per heavy atom. The number of fused-ring (bicyclic) bond motifs is 1. The van der Waals surface area contributed by atoms with Gasteiger partial charge in [0.2, 0.25) is 11.8 Å². The first-order valence-corrected chi connectivity index (χ1v) is 13.3. The van der Waals surface area contributed by atoms with Crippen molar-refractivity contribution < 1.29 is 47.0 Å². The Bertz CT molecular complexity index is 1170. The smallest absolute Gasteiger partial charge is 0.419 e. The Morgan fingerprint density at radius 2 is 1.54 bits per heavy atom. The zero-order valence-electron chi connectivity index (χ0n) is 21.6. The Hall–Kier alpha value is -3.28. The van der Waals surface area contributed by atoms with Crippen LogP contribution in [0.2, 0.25) is 0 Å². The van der Waals surface area contributed by atoms with Crippen molar-refractivity contribution in [3.05, 3.63) is 29.6 Å². The molecule has 0 aliphatic rings. The number of carbonyl (C=O) groups is 4. The highest BCUT2D eigenvalue weighted by molar-refractivity contribution is 7.52. The number of rotatable bonds is 12. The first kappa shape index (κ1) is 29.9. The summed E-state index contributed by atoms with van der Waals surface area (Å²) in [7, 11) is -1.00. The van der Waals surface area contributed by atoms with Crippen LogP contribution in [-0.4, -0.2) is 67.5 Å². The molecule has 1 aromatic carbocycles. The molecule has 14 heteroatoms. The van der Waals surface area contributed by atoms with Crippen molar-refractivity contribution in [1.29, 1.82) is 0 Å². The van der Waals surface area contributed by atoms with Gasteiger partial charge in [-0.1, -0.05) is 6.07 Å². The first-order chi connectivity index (χ1) is 17.5. The Morgan fingerprint density at radius 1 is 0.973 bits per heavy atom. The molecule has 0 aliphatic heterocycles. The number of esters is 2. The Kier molecular flexibility index (Phi) is 10.8. The minimum Gasteiger partial charge on any atom is -0.465 e. The SMILES string of the molecule is CCOC(=O)C(C(=O)NC(C)c1cc(CP(=O)(OC)OC)cc2c1ncn2C(=O)OCC)C(=O)OCC. The third-order valence-electron chi connectivity index (χ3n) is 5.27. The van der Waals surface area contributed by atoms with Crippen LogP contribution in [0.3, 0.4) is 0 Å². The average molecular weight is 541 g/mol. The van der Waals surface area contributed by atoms with Crippen LogP contribution in [-0.2, 0) is 48.4 Å². The van der Waals surface area contributed by atoms with E-state index in [-0.39, 0.29) is 26.0 Å². The average Bonchev–Trinajstić information content (AvgIpc) is 3.28. The molecule has 204 valence electrons. The van der Waals surface area contributed by atoms with Gasteiger partial charge in [-0.05, 0) is 39.3 Å². The molecule has 2 rings (SSSR count). The van der Waals surface area contributed by atoms with Crippen LogP contribution in [0.15, 0.2) is 18.5 Å². The van der Waals surface area contributed by atoms with Gasteiger partial charge in [-0.25, -0.2) is 14.3 Å². The minimum absolute atomic E-state index is 0.0371. The summed E-state index contributed by atoms with van der Waals surface area (Å²) in [4.78, 5) is 54.5. The van der Waals surface area contributed by atoms with Crippen molar-refractivity contribution in [3.8, 4) is 0 Å². The van der Waals surface area contributed by atoms with Gasteiger partial charge in [-0.2, -0.15) is 0 Å². The largest absolute Gasteiger partial charge is 0.465 e. The topological polar surface area (TPSA) is 161 Å². The maximum absolute atomic E-state index is 13.0. The zero-order valence-corrected chi connectivity index (χ0v) is 22.5. The molecule has 0 fully saturated rings. The van der Waals surface area contributed by atoms with E-state index in [0.29, 0.717) is 22.2 Å². The Balaban J connectivity index is 2.55. The summed E-state index contributed by atoms with van der Waals surface area (Å²) in [6, 6.07) is 2.38. The van der Waals surface area contributed by atoms with Gasteiger partial charge in [0.05, 0.1) is 43.1 Å². The Labute approximate surface area is 214 Å². The van der Waals surface area contributed by atoms with Gasteiger partial charge in [-0.15, -0.1) is 0 Å². The van der Waals surface area contributed by atoms with Crippen molar-refractivity contribution >= 4 is 42.6 Å². The molecule has 1 atom stereocenters. The number of imidazole rings is 1. The van der Waals surface area contributed by atoms with Crippen LogP contribution >= 0.6 is 7.60 Å². The van der Waals surface area contributed by atoms with Gasteiger partial charge in [0.1, 0.15) is 6.33 Å². The number of aromatic nitrogens is 2. The van der Waals surface area contributed by atoms with E-state index in [1.54, 1.807) is 39.8 Å². The predicted molar refractivity (Wildman–Crippen MR) is 131 cm³/mol. The second-order valence-corrected chi connectivity index (χ2v) is 9.94. The number of amides is 1. The highest BCUT2D eigenvalue weighted by atomic mass is 31.2. The maximum Gasteiger partial charge on any atom is 0.419 e. The molecular formula is C23H32N3O10P. The molecule has 37 heavy (non-hydrogen) atoms. The van der Waals surface area contributed by atoms with E-state index in [1.165, 1.54) is 25.1 Å². The normalized spacial score (nSPS) is 12.3. The van der Waals surface area contributed by atoms with Gasteiger partial charge in [-0.3, -0.25) is 18.9 Å². The predicted octanol–water partition coefficient (Wildman–Crippen LogP) is 2.95. The van der Waals surface area contributed by atoms with E-state index in [0.717, 1.165) is 0 Å². The van der Waals surface area contributed by atoms with Crippen LogP contribution in [0.25, 0.3) is 11.0 Å². The molecule has 1 N–H and O–H groups in total. The van der Waals surface area contributed by atoms with Crippen molar-refractivity contribution in [2.24, 2.45) is 5.92 Å². The molecule has 1 unspecified atom stereocenters. The van der Waals surface area contributed by atoms with E-state index in [2.05, 4.69) is 10.3 Å². The fourth-order valence-electron chi connectivity index (χ4n) is 3.53. The van der Waals surface area contributed by atoms with Crippen molar-refractivity contribution in [1.82, 2.24) is 14.9 Å². The quantitative estimate of drug-likeness (QED) is 0.182. The number of carbonyl (C=O) groups excluding carboxylic acids is 4. The van der Waals surface area contributed by atoms with E-state index in [9.17, 15) is 23.7 Å². The van der Waals surface area contributed by atoms with Gasteiger partial charge >= 0.3 is 25.6 Å². The maximum atomic E-state index is 13.0. The minimum atomic E-state index is -3.50. The lowest BCUT2D eigenvalue weighted by molar-refractivity contribution is -0.164. The summed E-state index contributed by atoms with van der Waals surface area (Å²) in [5, 5.41) is 2.61. The van der Waals surface area contributed by atoms with Gasteiger partial charge in [0.15, 0.2) is 0 Å². The molecule has 0 saturated heterocycles. The van der Waals surface area contributed by atoms with Crippen LogP contribution in [0.5, 0.6) is 0 Å². The second-order valence-electron chi connectivity index (χ2n) is 7.67. The summed E-state index contributed by atoms with van der Waals surface area (Å²) in [5.74, 6) is -4.86. The van der Waals surface area contributed by atoms with E-state index in [4.69, 9.17) is 23.3 Å². The lowest BCUT2D eigenvalue weighted by atomic mass is 10.0. The molecule has 0 aliphatic carbocycles. The van der Waals surface area contributed by atoms with Crippen molar-refractivity contribution in [2.45, 2.75) is 39.9 Å². The molecule has 1 aromatic heterocycles. The first-order valence-electron chi connectivity index (χ1n) is 11.6. The monoisotopic (exact) mass is 541 g/mol. The lowest BCUT2D eigenvalue weighted by Crippen LogP contribution is -2.43. The standard InChI is InChI=1S/C23H32N3O10P/c1-7-34-21(28)18(22(29)35-8-2)20(27)25-14(4)16-10-15(12-37(31,32-5)33-6)11-17-19(16)24-13-26(17)23(30)36-9-3/h10-11,13-14,18H,7-9,12H2,1-6H3,(H,25,27). The number of nitrogens with zero attached hydrogens (tertiary/aromatic N) is 2. The number of hydrogen-bond acceptors (Lipinski definition) is 11. The summed E-state index contributed by atoms with van der Waals surface area (Å²) in [5.41, 5.74) is 1.51. The molecule has 0 spiro atoms. The molecule has 0 bridgehead atoms. The van der Waals surface area contributed by atoms with Crippen molar-refractivity contribution in [2.75, 3.05) is 34.0 Å². The fraction of sp³-hybridized carbons (Fsp3) is 0.522. The third-order valence-corrected chi connectivity index (χ3v) is 7.14. The van der Waals surface area contributed by atoms with Crippen LogP contribution < -0.4 is 5.32 Å². The number of nitrogens with one attached hydrogen (secondary N) is 1. The summed E-state index contributed by atoms with van der Waals surface area (Å²) >= 11 is 0. The molecule has 2 aromatic rings. The van der Waals surface area contributed by atoms with E-state index in [1.807, 2.05) is 0 Å². The van der Waals surface area contributed by atoms with E-state index >= 15 is 0 Å². The van der Waals surface area contributed by atoms with Crippen LogP contribution in [0, 0.1) is 5.92 Å². The van der Waals surface area contributed by atoms with Crippen LogP contribution in [0.4, 0.5) is 4.79 Å². The van der Waals surface area contributed by atoms with Crippen molar-refractivity contribution in [3.63, 3.8) is 0 Å². The molecule has 13 nitrogen and oxygen atoms in total.